The maximum absolute atomic E-state index is 3.76. The van der Waals surface area contributed by atoms with Crippen LogP contribution in [0.4, 0.5) is 0 Å². The minimum atomic E-state index is 0.475. The number of hydrogen-bond donors (Lipinski definition) is 1. The van der Waals surface area contributed by atoms with Crippen molar-refractivity contribution in [3.63, 3.8) is 0 Å². The molecule has 3 atom stereocenters. The van der Waals surface area contributed by atoms with Crippen LogP contribution in [0.1, 0.15) is 33.1 Å². The second kappa shape index (κ2) is 4.18. The van der Waals surface area contributed by atoms with Crippen LogP contribution in [0.3, 0.4) is 0 Å². The van der Waals surface area contributed by atoms with Gasteiger partial charge in [-0.2, -0.15) is 11.8 Å². The van der Waals surface area contributed by atoms with E-state index >= 15 is 0 Å². The molecule has 3 rings (SSSR count). The van der Waals surface area contributed by atoms with Gasteiger partial charge in [0, 0.05) is 42.2 Å². The average Bonchev–Trinajstić information content (AvgIpc) is 2.77. The van der Waals surface area contributed by atoms with Crippen LogP contribution in [-0.2, 0) is 0 Å². The maximum atomic E-state index is 3.76. The Balaban J connectivity index is 1.55. The van der Waals surface area contributed by atoms with Crippen molar-refractivity contribution in [2.24, 2.45) is 5.92 Å². The minimum absolute atomic E-state index is 0.475. The molecular formula is C13H24N2S. The molecule has 3 aliphatic rings. The topological polar surface area (TPSA) is 15.3 Å². The van der Waals surface area contributed by atoms with Gasteiger partial charge < -0.3 is 10.2 Å². The quantitative estimate of drug-likeness (QED) is 0.794. The second-order valence-electron chi connectivity index (χ2n) is 6.39. The first kappa shape index (κ1) is 11.4. The van der Waals surface area contributed by atoms with Crippen molar-refractivity contribution in [2.75, 3.05) is 25.4 Å². The maximum Gasteiger partial charge on any atom is 0.0231 e. The first-order valence-corrected chi connectivity index (χ1v) is 7.73. The van der Waals surface area contributed by atoms with Crippen molar-refractivity contribution in [3.8, 4) is 0 Å². The molecule has 0 spiro atoms. The fourth-order valence-corrected chi connectivity index (χ4v) is 4.92. The van der Waals surface area contributed by atoms with E-state index < -0.39 is 0 Å². The highest BCUT2D eigenvalue weighted by molar-refractivity contribution is 8.00. The monoisotopic (exact) mass is 240 g/mol. The zero-order chi connectivity index (χ0) is 11.2. The van der Waals surface area contributed by atoms with Gasteiger partial charge in [-0.05, 0) is 39.0 Å². The number of rotatable bonds is 2. The molecule has 3 heterocycles. The fourth-order valence-electron chi connectivity index (χ4n) is 3.74. The zero-order valence-corrected chi connectivity index (χ0v) is 11.4. The Labute approximate surface area is 104 Å². The molecular weight excluding hydrogens is 216 g/mol. The fraction of sp³-hybridized carbons (Fsp3) is 1.00. The molecule has 16 heavy (non-hydrogen) atoms. The Morgan fingerprint density at radius 3 is 2.88 bits per heavy atom. The van der Waals surface area contributed by atoms with E-state index in [0.29, 0.717) is 4.75 Å². The number of nitrogens with one attached hydrogen (secondary N) is 1. The summed E-state index contributed by atoms with van der Waals surface area (Å²) in [6.07, 6.45) is 4.30. The molecule has 3 fully saturated rings. The number of hydrogen-bond acceptors (Lipinski definition) is 3. The van der Waals surface area contributed by atoms with Crippen LogP contribution >= 0.6 is 11.8 Å². The van der Waals surface area contributed by atoms with Gasteiger partial charge in [0.25, 0.3) is 0 Å². The molecule has 0 aromatic heterocycles. The SMILES string of the molecule is CC1(C)CN(CC2CC3CCC2N3)CCS1. The first-order valence-electron chi connectivity index (χ1n) is 6.75. The van der Waals surface area contributed by atoms with Gasteiger partial charge in [-0.1, -0.05) is 0 Å². The molecule has 0 saturated carbocycles. The van der Waals surface area contributed by atoms with Crippen molar-refractivity contribution < 1.29 is 0 Å². The molecule has 0 aliphatic carbocycles. The molecule has 2 nitrogen and oxygen atoms in total. The van der Waals surface area contributed by atoms with Crippen LogP contribution in [0.5, 0.6) is 0 Å². The molecule has 0 aromatic rings. The number of fused-ring (bicyclic) bond motifs is 2. The largest absolute Gasteiger partial charge is 0.311 e. The Bertz CT molecular complexity index is 267. The Morgan fingerprint density at radius 1 is 1.38 bits per heavy atom. The lowest BCUT2D eigenvalue weighted by Gasteiger charge is -2.39. The van der Waals surface area contributed by atoms with Gasteiger partial charge in [-0.3, -0.25) is 0 Å². The predicted molar refractivity (Wildman–Crippen MR) is 71.0 cm³/mol. The number of thioether (sulfide) groups is 1. The van der Waals surface area contributed by atoms with Gasteiger partial charge in [-0.15, -0.1) is 0 Å². The Kier molecular flexibility index (Phi) is 2.97. The molecule has 3 unspecified atom stereocenters. The van der Waals surface area contributed by atoms with Gasteiger partial charge in [0.2, 0.25) is 0 Å². The molecule has 92 valence electrons. The highest BCUT2D eigenvalue weighted by Crippen LogP contribution is 2.35. The Morgan fingerprint density at radius 2 is 2.25 bits per heavy atom. The van der Waals surface area contributed by atoms with Crippen molar-refractivity contribution >= 4 is 11.8 Å². The normalized spacial score (nSPS) is 42.8. The summed E-state index contributed by atoms with van der Waals surface area (Å²) in [7, 11) is 0. The first-order chi connectivity index (χ1) is 7.62. The third-order valence-electron chi connectivity index (χ3n) is 4.43. The summed E-state index contributed by atoms with van der Waals surface area (Å²) in [6.45, 7) is 8.72. The summed E-state index contributed by atoms with van der Waals surface area (Å²) < 4.78 is 0.475. The smallest absolute Gasteiger partial charge is 0.0231 e. The van der Waals surface area contributed by atoms with Crippen LogP contribution in [0.2, 0.25) is 0 Å². The van der Waals surface area contributed by atoms with Gasteiger partial charge >= 0.3 is 0 Å². The van der Waals surface area contributed by atoms with E-state index in [4.69, 9.17) is 0 Å². The summed E-state index contributed by atoms with van der Waals surface area (Å²) in [5.41, 5.74) is 0. The van der Waals surface area contributed by atoms with Crippen molar-refractivity contribution in [2.45, 2.75) is 49.9 Å². The lowest BCUT2D eigenvalue weighted by Crippen LogP contribution is -2.46. The molecule has 3 aliphatic heterocycles. The molecule has 2 bridgehead atoms. The third kappa shape index (κ3) is 2.27. The second-order valence-corrected chi connectivity index (χ2v) is 8.19. The summed E-state index contributed by atoms with van der Waals surface area (Å²) in [5, 5.41) is 3.76. The standard InChI is InChI=1S/C13H24N2S/c1-13(2)9-15(5-6-16-13)8-10-7-11-3-4-12(10)14-11/h10-12,14H,3-9H2,1-2H3. The molecule has 3 saturated heterocycles. The van der Waals surface area contributed by atoms with E-state index in [-0.39, 0.29) is 0 Å². The third-order valence-corrected chi connectivity index (χ3v) is 5.73. The van der Waals surface area contributed by atoms with Crippen molar-refractivity contribution in [3.05, 3.63) is 0 Å². The van der Waals surface area contributed by atoms with E-state index in [0.717, 1.165) is 18.0 Å². The van der Waals surface area contributed by atoms with Crippen LogP contribution in [0.15, 0.2) is 0 Å². The summed E-state index contributed by atoms with van der Waals surface area (Å²) in [5.74, 6) is 2.26. The predicted octanol–water partition coefficient (Wildman–Crippen LogP) is 1.95. The van der Waals surface area contributed by atoms with E-state index in [9.17, 15) is 0 Å². The van der Waals surface area contributed by atoms with Crippen LogP contribution in [0.25, 0.3) is 0 Å². The van der Waals surface area contributed by atoms with Crippen molar-refractivity contribution in [1.82, 2.24) is 10.2 Å². The van der Waals surface area contributed by atoms with Gasteiger partial charge in [0.15, 0.2) is 0 Å². The highest BCUT2D eigenvalue weighted by Gasteiger charge is 2.40. The van der Waals surface area contributed by atoms with Gasteiger partial charge in [-0.25, -0.2) is 0 Å². The van der Waals surface area contributed by atoms with E-state index in [1.54, 1.807) is 0 Å². The van der Waals surface area contributed by atoms with Gasteiger partial charge in [0.1, 0.15) is 0 Å². The molecule has 0 aromatic carbocycles. The van der Waals surface area contributed by atoms with Crippen LogP contribution < -0.4 is 5.32 Å². The van der Waals surface area contributed by atoms with E-state index in [2.05, 4.69) is 35.8 Å². The van der Waals surface area contributed by atoms with Crippen LogP contribution in [0, 0.1) is 5.92 Å². The van der Waals surface area contributed by atoms with E-state index in [1.807, 2.05) is 0 Å². The number of nitrogens with zero attached hydrogens (tertiary/aromatic N) is 1. The van der Waals surface area contributed by atoms with Gasteiger partial charge in [0.05, 0.1) is 0 Å². The zero-order valence-electron chi connectivity index (χ0n) is 10.5. The highest BCUT2D eigenvalue weighted by atomic mass is 32.2. The lowest BCUT2D eigenvalue weighted by atomic mass is 9.88. The minimum Gasteiger partial charge on any atom is -0.311 e. The average molecular weight is 240 g/mol. The summed E-state index contributed by atoms with van der Waals surface area (Å²) in [6, 6.07) is 1.71. The molecule has 0 amide bonds. The van der Waals surface area contributed by atoms with Crippen molar-refractivity contribution in [1.29, 1.82) is 0 Å². The molecule has 1 N–H and O–H groups in total. The van der Waals surface area contributed by atoms with Crippen LogP contribution in [-0.4, -0.2) is 47.1 Å². The molecule has 0 radical (unpaired) electrons. The summed E-state index contributed by atoms with van der Waals surface area (Å²) in [4.78, 5) is 2.71. The summed E-state index contributed by atoms with van der Waals surface area (Å²) >= 11 is 2.14. The van der Waals surface area contributed by atoms with E-state index in [1.165, 1.54) is 44.6 Å². The molecule has 3 heteroatoms. The lowest BCUT2D eigenvalue weighted by molar-refractivity contribution is 0.203. The Hall–Kier alpha value is 0.270.